The molecular formula is C25H24FNO6S. The summed E-state index contributed by atoms with van der Waals surface area (Å²) in [5.41, 5.74) is -0.128. The van der Waals surface area contributed by atoms with E-state index in [4.69, 9.17) is 4.74 Å². The molecule has 1 aliphatic rings. The summed E-state index contributed by atoms with van der Waals surface area (Å²) >= 11 is 0. The summed E-state index contributed by atoms with van der Waals surface area (Å²) in [6, 6.07) is 18.8. The second kappa shape index (κ2) is 9.54. The van der Waals surface area contributed by atoms with Gasteiger partial charge < -0.3 is 14.9 Å². The average molecular weight is 486 g/mol. The largest absolute Gasteiger partial charge is 0.489 e. The number of carboxylic acid groups (broad SMARTS) is 1. The summed E-state index contributed by atoms with van der Waals surface area (Å²) in [4.78, 5) is 11.9. The number of carbonyl (C=O) groups is 1. The van der Waals surface area contributed by atoms with Crippen LogP contribution in [0.4, 0.5) is 4.39 Å². The fraction of sp³-hybridized carbons (Fsp3) is 0.240. The van der Waals surface area contributed by atoms with Crippen molar-refractivity contribution in [2.45, 2.75) is 36.0 Å². The first-order valence-corrected chi connectivity index (χ1v) is 12.1. The van der Waals surface area contributed by atoms with E-state index in [9.17, 15) is 27.8 Å². The fourth-order valence-electron chi connectivity index (χ4n) is 4.07. The van der Waals surface area contributed by atoms with Gasteiger partial charge in [0, 0.05) is 13.0 Å². The van der Waals surface area contributed by atoms with Crippen LogP contribution in [0, 0.1) is 5.82 Å². The molecule has 1 aliphatic heterocycles. The van der Waals surface area contributed by atoms with Crippen molar-refractivity contribution in [3.63, 3.8) is 0 Å². The lowest BCUT2D eigenvalue weighted by molar-refractivity contribution is -0.147. The molecule has 0 aromatic heterocycles. The van der Waals surface area contributed by atoms with E-state index in [0.717, 1.165) is 9.87 Å². The Kier molecular flexibility index (Phi) is 6.70. The molecule has 2 atom stereocenters. The maximum Gasteiger partial charge on any atom is 0.322 e. The van der Waals surface area contributed by atoms with Crippen LogP contribution in [0.1, 0.15) is 24.0 Å². The van der Waals surface area contributed by atoms with E-state index in [0.29, 0.717) is 11.3 Å². The summed E-state index contributed by atoms with van der Waals surface area (Å²) in [6.07, 6.45) is -0.191. The van der Waals surface area contributed by atoms with Crippen LogP contribution in [0.3, 0.4) is 0 Å². The highest BCUT2D eigenvalue weighted by Gasteiger charge is 2.47. The van der Waals surface area contributed by atoms with Gasteiger partial charge in [0.15, 0.2) is 0 Å². The molecular weight excluding hydrogens is 461 g/mol. The van der Waals surface area contributed by atoms with E-state index in [1.54, 1.807) is 42.5 Å². The van der Waals surface area contributed by atoms with E-state index in [-0.39, 0.29) is 36.7 Å². The molecule has 3 aromatic carbocycles. The SMILES string of the molecule is O=C(O)C1CC(O)(c2ccccc2)CCN1S(=O)(=O)c1ccc(OCc2ccc(F)cc2)cc1. The van der Waals surface area contributed by atoms with Gasteiger partial charge in [-0.15, -0.1) is 0 Å². The monoisotopic (exact) mass is 485 g/mol. The number of benzene rings is 3. The van der Waals surface area contributed by atoms with Gasteiger partial charge in [-0.3, -0.25) is 4.79 Å². The highest BCUT2D eigenvalue weighted by Crippen LogP contribution is 2.38. The van der Waals surface area contributed by atoms with Crippen LogP contribution in [-0.4, -0.2) is 41.5 Å². The number of sulfonamides is 1. The Bertz CT molecular complexity index is 1250. The predicted octanol–water partition coefficient (Wildman–Crippen LogP) is 3.53. The van der Waals surface area contributed by atoms with Crippen molar-refractivity contribution in [3.8, 4) is 5.75 Å². The van der Waals surface area contributed by atoms with Gasteiger partial charge in [0.05, 0.1) is 10.5 Å². The van der Waals surface area contributed by atoms with Gasteiger partial charge in [0.2, 0.25) is 10.0 Å². The van der Waals surface area contributed by atoms with Crippen molar-refractivity contribution < 1.29 is 32.6 Å². The molecule has 4 rings (SSSR count). The van der Waals surface area contributed by atoms with E-state index in [1.807, 2.05) is 0 Å². The van der Waals surface area contributed by atoms with E-state index < -0.39 is 27.6 Å². The average Bonchev–Trinajstić information content (AvgIpc) is 2.84. The van der Waals surface area contributed by atoms with Crippen LogP contribution in [-0.2, 0) is 27.0 Å². The molecule has 2 N–H and O–H groups in total. The van der Waals surface area contributed by atoms with Crippen LogP contribution < -0.4 is 4.74 Å². The van der Waals surface area contributed by atoms with Gasteiger partial charge in [-0.05, 0) is 53.9 Å². The second-order valence-corrected chi connectivity index (χ2v) is 10.1. The Morgan fingerprint density at radius 2 is 1.68 bits per heavy atom. The van der Waals surface area contributed by atoms with Crippen LogP contribution >= 0.6 is 0 Å². The molecule has 0 saturated carbocycles. The number of nitrogens with zero attached hydrogens (tertiary/aromatic N) is 1. The van der Waals surface area contributed by atoms with Crippen LogP contribution in [0.2, 0.25) is 0 Å². The minimum atomic E-state index is -4.13. The highest BCUT2D eigenvalue weighted by atomic mass is 32.2. The van der Waals surface area contributed by atoms with Gasteiger partial charge in [0.25, 0.3) is 0 Å². The third-order valence-electron chi connectivity index (χ3n) is 5.97. The van der Waals surface area contributed by atoms with Crippen molar-refractivity contribution in [1.29, 1.82) is 0 Å². The number of piperidine rings is 1. The molecule has 178 valence electrons. The van der Waals surface area contributed by atoms with E-state index in [2.05, 4.69) is 0 Å². The van der Waals surface area contributed by atoms with E-state index >= 15 is 0 Å². The number of carboxylic acids is 1. The number of aliphatic hydroxyl groups is 1. The van der Waals surface area contributed by atoms with Crippen molar-refractivity contribution in [3.05, 3.63) is 95.8 Å². The quantitative estimate of drug-likeness (QED) is 0.531. The molecule has 2 unspecified atom stereocenters. The van der Waals surface area contributed by atoms with E-state index in [1.165, 1.54) is 36.4 Å². The van der Waals surface area contributed by atoms with Gasteiger partial charge in [-0.1, -0.05) is 42.5 Å². The Labute approximate surface area is 197 Å². The zero-order valence-electron chi connectivity index (χ0n) is 18.2. The van der Waals surface area contributed by atoms with Crippen LogP contribution in [0.5, 0.6) is 5.75 Å². The number of aliphatic carboxylic acids is 1. The number of ether oxygens (including phenoxy) is 1. The van der Waals surface area contributed by atoms with Crippen LogP contribution in [0.15, 0.2) is 83.8 Å². The minimum absolute atomic E-state index is 0.0683. The molecule has 0 spiro atoms. The van der Waals surface area contributed by atoms with Crippen LogP contribution in [0.25, 0.3) is 0 Å². The normalized spacial score (nSPS) is 21.2. The smallest absolute Gasteiger partial charge is 0.322 e. The Balaban J connectivity index is 1.50. The maximum absolute atomic E-state index is 13.3. The number of hydrogen-bond donors (Lipinski definition) is 2. The molecule has 1 heterocycles. The van der Waals surface area contributed by atoms with Crippen molar-refractivity contribution in [2.75, 3.05) is 6.54 Å². The molecule has 0 radical (unpaired) electrons. The lowest BCUT2D eigenvalue weighted by atomic mass is 9.82. The topological polar surface area (TPSA) is 104 Å². The summed E-state index contributed by atoms with van der Waals surface area (Å²) in [5.74, 6) is -1.26. The number of hydrogen-bond acceptors (Lipinski definition) is 5. The second-order valence-electron chi connectivity index (χ2n) is 8.21. The maximum atomic E-state index is 13.3. The number of rotatable bonds is 7. The molecule has 9 heteroatoms. The third-order valence-corrected chi connectivity index (χ3v) is 7.89. The van der Waals surface area contributed by atoms with Gasteiger partial charge >= 0.3 is 5.97 Å². The van der Waals surface area contributed by atoms with Crippen molar-refractivity contribution >= 4 is 16.0 Å². The molecule has 1 saturated heterocycles. The lowest BCUT2D eigenvalue weighted by Crippen LogP contribution is -2.54. The van der Waals surface area contributed by atoms with Crippen molar-refractivity contribution in [2.24, 2.45) is 0 Å². The minimum Gasteiger partial charge on any atom is -0.489 e. The van der Waals surface area contributed by atoms with Gasteiger partial charge in [0.1, 0.15) is 24.2 Å². The number of halogens is 1. The molecule has 7 nitrogen and oxygen atoms in total. The van der Waals surface area contributed by atoms with Gasteiger partial charge in [-0.2, -0.15) is 4.31 Å². The summed E-state index contributed by atoms with van der Waals surface area (Å²) < 4.78 is 46.1. The fourth-order valence-corrected chi connectivity index (χ4v) is 5.66. The van der Waals surface area contributed by atoms with Gasteiger partial charge in [-0.25, -0.2) is 12.8 Å². The molecule has 1 fully saturated rings. The first-order chi connectivity index (χ1) is 16.2. The third kappa shape index (κ3) is 4.96. The zero-order chi connectivity index (χ0) is 24.3. The molecule has 3 aromatic rings. The Morgan fingerprint density at radius 1 is 1.03 bits per heavy atom. The highest BCUT2D eigenvalue weighted by molar-refractivity contribution is 7.89. The molecule has 0 aliphatic carbocycles. The zero-order valence-corrected chi connectivity index (χ0v) is 19.0. The van der Waals surface area contributed by atoms with Crippen molar-refractivity contribution in [1.82, 2.24) is 4.31 Å². The predicted molar refractivity (Wildman–Crippen MR) is 122 cm³/mol. The molecule has 0 bridgehead atoms. The molecule has 34 heavy (non-hydrogen) atoms. The lowest BCUT2D eigenvalue weighted by Gasteiger charge is -2.41. The Morgan fingerprint density at radius 3 is 2.29 bits per heavy atom. The summed E-state index contributed by atoms with van der Waals surface area (Å²) in [6.45, 7) is 0.0329. The first-order valence-electron chi connectivity index (χ1n) is 10.7. The Hall–Kier alpha value is -3.27. The standard InChI is InChI=1S/C25H24FNO6S/c26-20-8-6-18(7-9-20)17-33-21-10-12-22(13-11-21)34(31,32)27-15-14-25(30,16-23(27)24(28)29)19-4-2-1-3-5-19/h1-13,23,30H,14-17H2,(H,28,29). The summed E-state index contributed by atoms with van der Waals surface area (Å²) in [7, 11) is -4.13. The summed E-state index contributed by atoms with van der Waals surface area (Å²) in [5, 5.41) is 20.9. The molecule has 0 amide bonds. The first kappa shape index (κ1) is 23.9.